The molecular weight excluding hydrogens is 434 g/mol. The molecule has 4 rings (SSSR count). The van der Waals surface area contributed by atoms with E-state index in [9.17, 15) is 23.8 Å². The molecule has 11 atom stereocenters. The van der Waals surface area contributed by atoms with Crippen LogP contribution in [0.2, 0.25) is 0 Å². The molecule has 196 valence electrons. The second-order valence-corrected chi connectivity index (χ2v) is 13.6. The van der Waals surface area contributed by atoms with Crippen molar-refractivity contribution in [1.29, 1.82) is 0 Å². The first-order chi connectivity index (χ1) is 15.8. The summed E-state index contributed by atoms with van der Waals surface area (Å²) in [5.74, 6) is -1.40. The summed E-state index contributed by atoms with van der Waals surface area (Å²) in [5.41, 5.74) is -0.267. The summed E-state index contributed by atoms with van der Waals surface area (Å²) >= 11 is 0. The summed E-state index contributed by atoms with van der Waals surface area (Å²) in [6, 6.07) is 0. The van der Waals surface area contributed by atoms with E-state index in [2.05, 4.69) is 41.5 Å². The molecule has 0 amide bonds. The minimum absolute atomic E-state index is 0.00894. The maximum atomic E-state index is 14.2. The maximum absolute atomic E-state index is 14.2. The third-order valence-corrected chi connectivity index (χ3v) is 11.8. The number of fused-ring (bicyclic) bond motifs is 5. The van der Waals surface area contributed by atoms with Gasteiger partial charge in [0, 0.05) is 25.2 Å². The lowest BCUT2D eigenvalue weighted by Crippen LogP contribution is -2.58. The predicted molar refractivity (Wildman–Crippen MR) is 130 cm³/mol. The van der Waals surface area contributed by atoms with Gasteiger partial charge in [0.15, 0.2) is 0 Å². The maximum Gasteiger partial charge on any atom is 0.248 e. The van der Waals surface area contributed by atoms with Gasteiger partial charge in [-0.05, 0) is 84.4 Å². The Morgan fingerprint density at radius 1 is 0.941 bits per heavy atom. The fourth-order valence-corrected chi connectivity index (χ4v) is 9.77. The highest BCUT2D eigenvalue weighted by Crippen LogP contribution is 2.68. The SMILES string of the molecule is CC[C@@H](C(C)C)[C@@H](O)[C@H](O)[C@@H](C)[C@H]1CC[C@H]2[C@@H]3CC(=O)[C@H]4CC(F)(F)CC[C@]4(C)[C@H]3CC[C@]12C. The molecule has 0 saturated heterocycles. The lowest BCUT2D eigenvalue weighted by atomic mass is 9.44. The zero-order chi connectivity index (χ0) is 25.2. The van der Waals surface area contributed by atoms with Crippen molar-refractivity contribution in [2.75, 3.05) is 0 Å². The molecule has 5 heteroatoms. The minimum atomic E-state index is -2.70. The smallest absolute Gasteiger partial charge is 0.248 e. The monoisotopic (exact) mass is 482 g/mol. The quantitative estimate of drug-likeness (QED) is 0.454. The Hall–Kier alpha value is -0.550. The molecule has 0 aromatic rings. The average molecular weight is 483 g/mol. The Kier molecular flexibility index (Phi) is 7.08. The van der Waals surface area contributed by atoms with Crippen LogP contribution in [0.15, 0.2) is 0 Å². The molecule has 0 bridgehead atoms. The second kappa shape index (κ2) is 9.08. The number of hydrogen-bond acceptors (Lipinski definition) is 3. The van der Waals surface area contributed by atoms with Gasteiger partial charge in [-0.2, -0.15) is 0 Å². The number of Topliss-reactive ketones (excluding diaryl/α,β-unsaturated/α-hetero) is 1. The van der Waals surface area contributed by atoms with Gasteiger partial charge in [0.25, 0.3) is 0 Å². The van der Waals surface area contributed by atoms with Crippen LogP contribution in [0.3, 0.4) is 0 Å². The molecule has 4 fully saturated rings. The van der Waals surface area contributed by atoms with Crippen LogP contribution >= 0.6 is 0 Å². The zero-order valence-electron chi connectivity index (χ0n) is 22.2. The van der Waals surface area contributed by atoms with Gasteiger partial charge in [0.2, 0.25) is 5.92 Å². The Balaban J connectivity index is 1.54. The number of aliphatic hydroxyl groups is 2. The number of hydrogen-bond donors (Lipinski definition) is 2. The molecule has 0 heterocycles. The Morgan fingerprint density at radius 2 is 1.59 bits per heavy atom. The number of carbonyl (C=O) groups excluding carboxylic acids is 1. The van der Waals surface area contributed by atoms with Crippen molar-refractivity contribution in [1.82, 2.24) is 0 Å². The molecule has 4 aliphatic carbocycles. The van der Waals surface area contributed by atoms with Crippen LogP contribution in [0.5, 0.6) is 0 Å². The second-order valence-electron chi connectivity index (χ2n) is 13.6. The van der Waals surface area contributed by atoms with Crippen LogP contribution in [-0.2, 0) is 4.79 Å². The van der Waals surface area contributed by atoms with E-state index < -0.39 is 24.0 Å². The highest BCUT2D eigenvalue weighted by atomic mass is 19.3. The molecule has 34 heavy (non-hydrogen) atoms. The van der Waals surface area contributed by atoms with Crippen molar-refractivity contribution < 1.29 is 23.8 Å². The molecule has 2 N–H and O–H groups in total. The van der Waals surface area contributed by atoms with Gasteiger partial charge in [0.05, 0.1) is 12.2 Å². The number of carbonyl (C=O) groups is 1. The van der Waals surface area contributed by atoms with Gasteiger partial charge in [0.1, 0.15) is 5.78 Å². The first-order valence-corrected chi connectivity index (χ1v) is 14.0. The standard InChI is InChI=1S/C29H48F2O3/c1-7-18(16(2)3)26(34)25(33)17(4)20-8-9-21-19-14-24(32)23-15-29(30,31)13-12-28(23,6)22(19)10-11-27(20,21)5/h16-23,25-26,33-34H,7-15H2,1-6H3/t17-,18-,19-,20+,21-,22-,23+,25+,26+,27+,28+/m0/s1. The van der Waals surface area contributed by atoms with Gasteiger partial charge < -0.3 is 10.2 Å². The van der Waals surface area contributed by atoms with Crippen LogP contribution in [0.25, 0.3) is 0 Å². The number of aliphatic hydroxyl groups excluding tert-OH is 2. The van der Waals surface area contributed by atoms with Crippen LogP contribution in [0.1, 0.15) is 99.3 Å². The van der Waals surface area contributed by atoms with Crippen molar-refractivity contribution in [3.8, 4) is 0 Å². The lowest BCUT2D eigenvalue weighted by molar-refractivity contribution is -0.177. The van der Waals surface area contributed by atoms with Crippen molar-refractivity contribution >= 4 is 5.78 Å². The summed E-state index contributed by atoms with van der Waals surface area (Å²) in [5, 5.41) is 22.3. The third-order valence-electron chi connectivity index (χ3n) is 11.8. The van der Waals surface area contributed by atoms with Gasteiger partial charge >= 0.3 is 0 Å². The average Bonchev–Trinajstić information content (AvgIpc) is 3.11. The predicted octanol–water partition coefficient (Wildman–Crippen LogP) is 6.50. The number of alkyl halides is 2. The van der Waals surface area contributed by atoms with Gasteiger partial charge in [-0.15, -0.1) is 0 Å². The highest BCUT2D eigenvalue weighted by molar-refractivity contribution is 5.83. The number of halogens is 2. The highest BCUT2D eigenvalue weighted by Gasteiger charge is 2.64. The normalized spacial score (nSPS) is 45.1. The van der Waals surface area contributed by atoms with Gasteiger partial charge in [-0.1, -0.05) is 48.0 Å². The number of rotatable bonds is 6. The molecule has 0 aromatic heterocycles. The van der Waals surface area contributed by atoms with E-state index in [1.54, 1.807) is 0 Å². The van der Waals surface area contributed by atoms with E-state index in [4.69, 9.17) is 0 Å². The molecular formula is C29H48F2O3. The van der Waals surface area contributed by atoms with E-state index in [-0.39, 0.29) is 47.2 Å². The largest absolute Gasteiger partial charge is 0.390 e. The third kappa shape index (κ3) is 4.09. The van der Waals surface area contributed by atoms with Crippen molar-refractivity contribution in [3.05, 3.63) is 0 Å². The first kappa shape index (κ1) is 26.5. The molecule has 0 unspecified atom stereocenters. The summed E-state index contributed by atoms with van der Waals surface area (Å²) in [6.07, 6.45) is 4.03. The van der Waals surface area contributed by atoms with Gasteiger partial charge in [-0.3, -0.25) is 4.79 Å². The minimum Gasteiger partial charge on any atom is -0.390 e. The van der Waals surface area contributed by atoms with Crippen LogP contribution in [0.4, 0.5) is 8.78 Å². The van der Waals surface area contributed by atoms with Crippen LogP contribution in [0, 0.1) is 58.2 Å². The summed E-state index contributed by atoms with van der Waals surface area (Å²) < 4.78 is 28.5. The van der Waals surface area contributed by atoms with E-state index in [1.807, 2.05) is 0 Å². The van der Waals surface area contributed by atoms with Crippen molar-refractivity contribution in [3.63, 3.8) is 0 Å². The fraction of sp³-hybridized carbons (Fsp3) is 0.966. The summed E-state index contributed by atoms with van der Waals surface area (Å²) in [6.45, 7) is 12.9. The molecule has 4 aliphatic rings. The molecule has 0 spiro atoms. The number of ketones is 1. The fourth-order valence-electron chi connectivity index (χ4n) is 9.77. The van der Waals surface area contributed by atoms with Crippen molar-refractivity contribution in [2.24, 2.45) is 58.2 Å². The lowest BCUT2D eigenvalue weighted by Gasteiger charge is -2.60. The van der Waals surface area contributed by atoms with E-state index >= 15 is 0 Å². The Bertz CT molecular complexity index is 768. The van der Waals surface area contributed by atoms with Crippen molar-refractivity contribution in [2.45, 2.75) is 117 Å². The first-order valence-electron chi connectivity index (χ1n) is 14.0. The molecule has 0 aromatic carbocycles. The van der Waals surface area contributed by atoms with E-state index in [0.717, 1.165) is 32.1 Å². The summed E-state index contributed by atoms with van der Waals surface area (Å²) in [7, 11) is 0. The van der Waals surface area contributed by atoms with E-state index in [0.29, 0.717) is 36.5 Å². The van der Waals surface area contributed by atoms with E-state index in [1.165, 1.54) is 0 Å². The Morgan fingerprint density at radius 3 is 2.21 bits per heavy atom. The Labute approximate surface area is 205 Å². The molecule has 4 saturated carbocycles. The molecule has 3 nitrogen and oxygen atoms in total. The van der Waals surface area contributed by atoms with Crippen LogP contribution in [-0.4, -0.2) is 34.1 Å². The van der Waals surface area contributed by atoms with Crippen LogP contribution < -0.4 is 0 Å². The topological polar surface area (TPSA) is 57.5 Å². The molecule has 0 radical (unpaired) electrons. The molecule has 0 aliphatic heterocycles. The van der Waals surface area contributed by atoms with Gasteiger partial charge in [-0.25, -0.2) is 8.78 Å². The zero-order valence-corrected chi connectivity index (χ0v) is 22.2. The summed E-state index contributed by atoms with van der Waals surface area (Å²) in [4.78, 5) is 13.2.